The lowest BCUT2D eigenvalue weighted by atomic mass is 10.1. The molecule has 0 bridgehead atoms. The molecule has 0 unspecified atom stereocenters. The second-order valence-corrected chi connectivity index (χ2v) is 5.61. The summed E-state index contributed by atoms with van der Waals surface area (Å²) in [7, 11) is 1.52. The van der Waals surface area contributed by atoms with E-state index in [1.54, 1.807) is 6.07 Å². The van der Waals surface area contributed by atoms with E-state index < -0.39 is 11.9 Å². The smallest absolute Gasteiger partial charge is 0.339 e. The number of rotatable bonds is 4. The van der Waals surface area contributed by atoms with Gasteiger partial charge in [0.05, 0.1) is 12.8 Å². The summed E-state index contributed by atoms with van der Waals surface area (Å²) < 4.78 is 6.81. The third-order valence-electron chi connectivity index (χ3n) is 3.65. The molecule has 0 atom stereocenters. The fraction of sp³-hybridized carbons (Fsp3) is 0.267. The van der Waals surface area contributed by atoms with Crippen LogP contribution in [-0.4, -0.2) is 33.4 Å². The molecule has 23 heavy (non-hydrogen) atoms. The van der Waals surface area contributed by atoms with Crippen molar-refractivity contribution in [2.45, 2.75) is 13.0 Å². The van der Waals surface area contributed by atoms with Crippen LogP contribution in [0, 0.1) is 0 Å². The van der Waals surface area contributed by atoms with Gasteiger partial charge in [0, 0.05) is 30.6 Å². The molecule has 2 N–H and O–H groups in total. The Morgan fingerprint density at radius 3 is 3.00 bits per heavy atom. The SMILES string of the molecule is Cn1ncc(C(=O)O)c1C(=O)NCc1cc(Cl)cc2c1OCC2. The number of carbonyl (C=O) groups excluding carboxylic acids is 1. The first-order chi connectivity index (χ1) is 11.0. The highest BCUT2D eigenvalue weighted by Gasteiger charge is 2.23. The first-order valence-electron chi connectivity index (χ1n) is 6.95. The van der Waals surface area contributed by atoms with E-state index in [2.05, 4.69) is 10.4 Å². The molecule has 1 aliphatic heterocycles. The maximum absolute atomic E-state index is 12.3. The maximum Gasteiger partial charge on any atom is 0.339 e. The summed E-state index contributed by atoms with van der Waals surface area (Å²) in [4.78, 5) is 23.4. The first kappa shape index (κ1) is 15.4. The van der Waals surface area contributed by atoms with Gasteiger partial charge in [0.15, 0.2) is 0 Å². The highest BCUT2D eigenvalue weighted by molar-refractivity contribution is 6.30. The van der Waals surface area contributed by atoms with Crippen molar-refractivity contribution < 1.29 is 19.4 Å². The van der Waals surface area contributed by atoms with Crippen molar-refractivity contribution in [3.8, 4) is 5.75 Å². The van der Waals surface area contributed by atoms with Gasteiger partial charge in [-0.05, 0) is 17.7 Å². The summed E-state index contributed by atoms with van der Waals surface area (Å²) in [5.41, 5.74) is 1.63. The number of nitrogens with zero attached hydrogens (tertiary/aromatic N) is 2. The standard InChI is InChI=1S/C15H14ClN3O4/c1-19-12(11(7-18-19)15(21)22)14(20)17-6-9-5-10(16)4-8-2-3-23-13(8)9/h4-5,7H,2-3,6H2,1H3,(H,17,20)(H,21,22). The quantitative estimate of drug-likeness (QED) is 0.886. The van der Waals surface area contributed by atoms with Crippen molar-refractivity contribution in [1.29, 1.82) is 0 Å². The van der Waals surface area contributed by atoms with Crippen LogP contribution in [0.4, 0.5) is 0 Å². The highest BCUT2D eigenvalue weighted by atomic mass is 35.5. The number of ether oxygens (including phenoxy) is 1. The van der Waals surface area contributed by atoms with Crippen LogP contribution < -0.4 is 10.1 Å². The van der Waals surface area contributed by atoms with Crippen molar-refractivity contribution >= 4 is 23.5 Å². The van der Waals surface area contributed by atoms with Crippen LogP contribution in [0.3, 0.4) is 0 Å². The number of amides is 1. The summed E-state index contributed by atoms with van der Waals surface area (Å²) >= 11 is 6.08. The Labute approximate surface area is 136 Å². The van der Waals surface area contributed by atoms with Gasteiger partial charge in [0.1, 0.15) is 17.0 Å². The molecule has 1 aromatic carbocycles. The van der Waals surface area contributed by atoms with E-state index in [4.69, 9.17) is 21.4 Å². The first-order valence-corrected chi connectivity index (χ1v) is 7.32. The fourth-order valence-corrected chi connectivity index (χ4v) is 2.86. The molecule has 0 radical (unpaired) electrons. The van der Waals surface area contributed by atoms with E-state index in [1.165, 1.54) is 11.7 Å². The van der Waals surface area contributed by atoms with Gasteiger partial charge < -0.3 is 15.2 Å². The van der Waals surface area contributed by atoms with Crippen LogP contribution >= 0.6 is 11.6 Å². The molecule has 3 rings (SSSR count). The molecule has 120 valence electrons. The summed E-state index contributed by atoms with van der Waals surface area (Å²) in [5.74, 6) is -0.984. The Kier molecular flexibility index (Phi) is 3.96. The highest BCUT2D eigenvalue weighted by Crippen LogP contribution is 2.32. The van der Waals surface area contributed by atoms with Gasteiger partial charge in [-0.25, -0.2) is 4.79 Å². The average Bonchev–Trinajstić information content (AvgIpc) is 3.10. The van der Waals surface area contributed by atoms with Crippen LogP contribution in [0.2, 0.25) is 5.02 Å². The Hall–Kier alpha value is -2.54. The topological polar surface area (TPSA) is 93.5 Å². The molecule has 7 nitrogen and oxygen atoms in total. The predicted octanol–water partition coefficient (Wildman–Crippen LogP) is 1.64. The number of nitrogens with one attached hydrogen (secondary N) is 1. The Morgan fingerprint density at radius 1 is 1.48 bits per heavy atom. The van der Waals surface area contributed by atoms with Crippen molar-refractivity contribution in [2.75, 3.05) is 6.61 Å². The number of carbonyl (C=O) groups is 2. The fourth-order valence-electron chi connectivity index (χ4n) is 2.60. The van der Waals surface area contributed by atoms with Crippen molar-refractivity contribution in [3.05, 3.63) is 45.7 Å². The van der Waals surface area contributed by atoms with Crippen LogP contribution in [0.1, 0.15) is 32.0 Å². The van der Waals surface area contributed by atoms with Crippen molar-refractivity contribution in [3.63, 3.8) is 0 Å². The van der Waals surface area contributed by atoms with E-state index >= 15 is 0 Å². The third-order valence-corrected chi connectivity index (χ3v) is 3.87. The number of hydrogen-bond acceptors (Lipinski definition) is 4. The Balaban J connectivity index is 1.81. The van der Waals surface area contributed by atoms with Crippen LogP contribution in [0.25, 0.3) is 0 Å². The molecule has 0 saturated carbocycles. The lowest BCUT2D eigenvalue weighted by Crippen LogP contribution is -2.27. The third kappa shape index (κ3) is 2.87. The number of aromatic nitrogens is 2. The molecule has 0 saturated heterocycles. The molecular formula is C15H14ClN3O4. The molecule has 0 aliphatic carbocycles. The number of carboxylic acids is 1. The second kappa shape index (κ2) is 5.92. The largest absolute Gasteiger partial charge is 0.493 e. The zero-order valence-corrected chi connectivity index (χ0v) is 13.1. The van der Waals surface area contributed by atoms with Gasteiger partial charge in [-0.2, -0.15) is 5.10 Å². The van der Waals surface area contributed by atoms with E-state index in [-0.39, 0.29) is 17.8 Å². The van der Waals surface area contributed by atoms with Gasteiger partial charge in [0.2, 0.25) is 0 Å². The zero-order valence-electron chi connectivity index (χ0n) is 12.3. The minimum absolute atomic E-state index is 0.00269. The van der Waals surface area contributed by atoms with Crippen LogP contribution in [0.15, 0.2) is 18.3 Å². The zero-order chi connectivity index (χ0) is 16.6. The van der Waals surface area contributed by atoms with Gasteiger partial charge >= 0.3 is 5.97 Å². The van der Waals surface area contributed by atoms with E-state index in [9.17, 15) is 9.59 Å². The lowest BCUT2D eigenvalue weighted by molar-refractivity contribution is 0.0690. The average molecular weight is 336 g/mol. The number of aryl methyl sites for hydroxylation is 1. The lowest BCUT2D eigenvalue weighted by Gasteiger charge is -2.11. The summed E-state index contributed by atoms with van der Waals surface area (Å²) in [6.07, 6.45) is 1.93. The van der Waals surface area contributed by atoms with Gasteiger partial charge in [0.25, 0.3) is 5.91 Å². The normalized spacial score (nSPS) is 12.6. The summed E-state index contributed by atoms with van der Waals surface area (Å²) in [6.45, 7) is 0.771. The van der Waals surface area contributed by atoms with Crippen molar-refractivity contribution in [1.82, 2.24) is 15.1 Å². The molecule has 0 spiro atoms. The molecule has 8 heteroatoms. The van der Waals surface area contributed by atoms with Gasteiger partial charge in [-0.1, -0.05) is 11.6 Å². The van der Waals surface area contributed by atoms with Crippen LogP contribution in [0.5, 0.6) is 5.75 Å². The molecule has 1 amide bonds. The van der Waals surface area contributed by atoms with Gasteiger partial charge in [-0.3, -0.25) is 9.48 Å². The molecule has 2 heterocycles. The molecular weight excluding hydrogens is 322 g/mol. The summed E-state index contributed by atoms with van der Waals surface area (Å²) in [5, 5.41) is 16.2. The summed E-state index contributed by atoms with van der Waals surface area (Å²) in [6, 6.07) is 3.58. The second-order valence-electron chi connectivity index (χ2n) is 5.17. The molecule has 1 aromatic heterocycles. The Bertz CT molecular complexity index is 800. The minimum Gasteiger partial charge on any atom is -0.493 e. The molecule has 0 fully saturated rings. The number of carboxylic acid groups (broad SMARTS) is 1. The molecule has 1 aliphatic rings. The van der Waals surface area contributed by atoms with E-state index in [0.717, 1.165) is 29.5 Å². The monoisotopic (exact) mass is 335 g/mol. The Morgan fingerprint density at radius 2 is 2.26 bits per heavy atom. The van der Waals surface area contributed by atoms with Crippen LogP contribution in [-0.2, 0) is 20.0 Å². The van der Waals surface area contributed by atoms with E-state index in [0.29, 0.717) is 11.6 Å². The van der Waals surface area contributed by atoms with Gasteiger partial charge in [-0.15, -0.1) is 0 Å². The minimum atomic E-state index is -1.20. The number of halogens is 1. The number of hydrogen-bond donors (Lipinski definition) is 2. The van der Waals surface area contributed by atoms with E-state index in [1.807, 2.05) is 6.07 Å². The number of benzene rings is 1. The number of aromatic carboxylic acids is 1. The van der Waals surface area contributed by atoms with Crippen molar-refractivity contribution in [2.24, 2.45) is 7.05 Å². The number of fused-ring (bicyclic) bond motifs is 1. The predicted molar refractivity (Wildman–Crippen MR) is 82.0 cm³/mol. The molecule has 2 aromatic rings. The maximum atomic E-state index is 12.3.